The number of Topliss-reactive ketones (excluding diaryl/α,β-unsaturated/α-hetero) is 1. The van der Waals surface area contributed by atoms with Crippen LogP contribution in [0.3, 0.4) is 0 Å². The van der Waals surface area contributed by atoms with Gasteiger partial charge in [-0.05, 0) is 45.9 Å². The number of hydrogen-bond donors (Lipinski definition) is 2. The first-order valence-corrected chi connectivity index (χ1v) is 6.18. The zero-order chi connectivity index (χ0) is 14.6. The fourth-order valence-corrected chi connectivity index (χ4v) is 1.57. The maximum absolute atomic E-state index is 11.8. The van der Waals surface area contributed by atoms with Gasteiger partial charge >= 0.3 is 0 Å². The van der Waals surface area contributed by atoms with Gasteiger partial charge < -0.3 is 15.8 Å². The van der Waals surface area contributed by atoms with Crippen LogP contribution in [0.5, 0.6) is 5.75 Å². The first kappa shape index (κ1) is 15.0. The number of ketones is 1. The van der Waals surface area contributed by atoms with E-state index in [4.69, 9.17) is 10.5 Å². The summed E-state index contributed by atoms with van der Waals surface area (Å²) in [6.45, 7) is 6.81. The first-order chi connectivity index (χ1) is 8.81. The van der Waals surface area contributed by atoms with E-state index in [0.29, 0.717) is 17.0 Å². The van der Waals surface area contributed by atoms with Crippen LogP contribution < -0.4 is 15.8 Å². The Labute approximate surface area is 113 Å². The zero-order valence-corrected chi connectivity index (χ0v) is 11.7. The summed E-state index contributed by atoms with van der Waals surface area (Å²) in [4.78, 5) is 23.3. The Morgan fingerprint density at radius 1 is 1.26 bits per heavy atom. The van der Waals surface area contributed by atoms with E-state index in [1.807, 2.05) is 13.8 Å². The van der Waals surface area contributed by atoms with Crippen molar-refractivity contribution in [3.63, 3.8) is 0 Å². The van der Waals surface area contributed by atoms with E-state index in [1.165, 1.54) is 6.92 Å². The number of rotatable bonds is 5. The maximum Gasteiger partial charge on any atom is 0.260 e. The van der Waals surface area contributed by atoms with E-state index in [0.717, 1.165) is 0 Å². The third-order valence-electron chi connectivity index (χ3n) is 2.49. The smallest absolute Gasteiger partial charge is 0.260 e. The highest BCUT2D eigenvalue weighted by Crippen LogP contribution is 2.23. The van der Waals surface area contributed by atoms with Gasteiger partial charge in [-0.1, -0.05) is 0 Å². The summed E-state index contributed by atoms with van der Waals surface area (Å²) in [5.41, 5.74) is 6.50. The molecule has 0 saturated carbocycles. The number of ether oxygens (including phenoxy) is 1. The van der Waals surface area contributed by atoms with Crippen LogP contribution in [-0.2, 0) is 4.79 Å². The molecule has 0 saturated heterocycles. The van der Waals surface area contributed by atoms with E-state index in [-0.39, 0.29) is 17.7 Å². The molecule has 3 N–H and O–H groups in total. The number of carbonyl (C=O) groups is 2. The lowest BCUT2D eigenvalue weighted by Gasteiger charge is -2.18. The van der Waals surface area contributed by atoms with Crippen molar-refractivity contribution >= 4 is 17.4 Å². The maximum atomic E-state index is 11.8. The number of benzene rings is 1. The van der Waals surface area contributed by atoms with Crippen LogP contribution in [0.2, 0.25) is 0 Å². The Kier molecular flexibility index (Phi) is 4.92. The van der Waals surface area contributed by atoms with Crippen molar-refractivity contribution in [3.05, 3.63) is 23.8 Å². The van der Waals surface area contributed by atoms with Crippen molar-refractivity contribution in [3.8, 4) is 5.75 Å². The van der Waals surface area contributed by atoms with Gasteiger partial charge in [0, 0.05) is 11.7 Å². The Balaban J connectivity index is 2.87. The molecule has 1 atom stereocenters. The van der Waals surface area contributed by atoms with Crippen molar-refractivity contribution in [1.29, 1.82) is 0 Å². The van der Waals surface area contributed by atoms with Crippen molar-refractivity contribution < 1.29 is 14.3 Å². The highest BCUT2D eigenvalue weighted by Gasteiger charge is 2.18. The minimum absolute atomic E-state index is 0.0391. The molecule has 104 valence electrons. The number of anilines is 1. The van der Waals surface area contributed by atoms with Crippen LogP contribution in [0.4, 0.5) is 5.69 Å². The van der Waals surface area contributed by atoms with Crippen LogP contribution in [0.1, 0.15) is 38.1 Å². The van der Waals surface area contributed by atoms with Crippen molar-refractivity contribution in [1.82, 2.24) is 5.32 Å². The van der Waals surface area contributed by atoms with Crippen LogP contribution in [0.25, 0.3) is 0 Å². The highest BCUT2D eigenvalue weighted by molar-refractivity contribution is 5.97. The summed E-state index contributed by atoms with van der Waals surface area (Å²) in [7, 11) is 0. The quantitative estimate of drug-likeness (QED) is 0.627. The lowest BCUT2D eigenvalue weighted by molar-refractivity contribution is -0.127. The fourth-order valence-electron chi connectivity index (χ4n) is 1.57. The van der Waals surface area contributed by atoms with E-state index >= 15 is 0 Å². The molecule has 1 aromatic carbocycles. The largest absolute Gasteiger partial charge is 0.480 e. The molecule has 0 aliphatic carbocycles. The summed E-state index contributed by atoms with van der Waals surface area (Å²) in [6.07, 6.45) is -0.677. The van der Waals surface area contributed by atoms with Gasteiger partial charge in [-0.3, -0.25) is 9.59 Å². The first-order valence-electron chi connectivity index (χ1n) is 6.18. The van der Waals surface area contributed by atoms with Gasteiger partial charge in [0.2, 0.25) is 0 Å². The standard InChI is InChI=1S/C14H20N2O3/c1-8(2)16-14(18)10(4)19-13-6-5-11(15)7-12(13)9(3)17/h5-8,10H,15H2,1-4H3,(H,16,18). The summed E-state index contributed by atoms with van der Waals surface area (Å²) in [5, 5.41) is 2.75. The van der Waals surface area contributed by atoms with E-state index in [2.05, 4.69) is 5.32 Å². The molecule has 1 amide bonds. The van der Waals surface area contributed by atoms with E-state index in [9.17, 15) is 9.59 Å². The topological polar surface area (TPSA) is 81.4 Å². The summed E-state index contributed by atoms with van der Waals surface area (Å²) < 4.78 is 5.54. The fraction of sp³-hybridized carbons (Fsp3) is 0.429. The zero-order valence-electron chi connectivity index (χ0n) is 11.7. The molecule has 5 heteroatoms. The normalized spacial score (nSPS) is 12.1. The molecule has 0 aromatic heterocycles. The third kappa shape index (κ3) is 4.28. The van der Waals surface area contributed by atoms with Gasteiger partial charge in [-0.2, -0.15) is 0 Å². The molecular formula is C14H20N2O3. The number of hydrogen-bond acceptors (Lipinski definition) is 4. The van der Waals surface area contributed by atoms with Gasteiger partial charge in [-0.15, -0.1) is 0 Å². The van der Waals surface area contributed by atoms with Crippen molar-refractivity contribution in [2.75, 3.05) is 5.73 Å². The second-order valence-electron chi connectivity index (χ2n) is 4.74. The minimum Gasteiger partial charge on any atom is -0.480 e. The molecular weight excluding hydrogens is 244 g/mol. The van der Waals surface area contributed by atoms with Gasteiger partial charge in [0.25, 0.3) is 5.91 Å². The molecule has 1 unspecified atom stereocenters. The monoisotopic (exact) mass is 264 g/mol. The molecule has 0 spiro atoms. The molecule has 0 bridgehead atoms. The lowest BCUT2D eigenvalue weighted by Crippen LogP contribution is -2.40. The van der Waals surface area contributed by atoms with Gasteiger partial charge in [0.15, 0.2) is 11.9 Å². The molecule has 0 fully saturated rings. The van der Waals surface area contributed by atoms with Crippen molar-refractivity contribution in [2.24, 2.45) is 0 Å². The summed E-state index contributed by atoms with van der Waals surface area (Å²) in [6, 6.07) is 4.82. The number of nitrogen functional groups attached to an aromatic ring is 1. The molecule has 1 aromatic rings. The number of nitrogens with two attached hydrogens (primary N) is 1. The molecule has 0 aliphatic rings. The Morgan fingerprint density at radius 2 is 1.89 bits per heavy atom. The van der Waals surface area contributed by atoms with Gasteiger partial charge in [0.1, 0.15) is 5.75 Å². The van der Waals surface area contributed by atoms with Gasteiger partial charge in [0.05, 0.1) is 5.56 Å². The average Bonchev–Trinajstić information content (AvgIpc) is 2.30. The molecule has 5 nitrogen and oxygen atoms in total. The highest BCUT2D eigenvalue weighted by atomic mass is 16.5. The second kappa shape index (κ2) is 6.22. The van der Waals surface area contributed by atoms with Crippen LogP contribution in [0, 0.1) is 0 Å². The molecule has 0 heterocycles. The number of carbonyl (C=O) groups excluding carboxylic acids is 2. The molecule has 0 radical (unpaired) electrons. The summed E-state index contributed by atoms with van der Waals surface area (Å²) >= 11 is 0. The van der Waals surface area contributed by atoms with E-state index < -0.39 is 6.10 Å². The molecule has 1 rings (SSSR count). The Bertz CT molecular complexity index is 484. The SMILES string of the molecule is CC(=O)c1cc(N)ccc1OC(C)C(=O)NC(C)C. The Morgan fingerprint density at radius 3 is 2.42 bits per heavy atom. The van der Waals surface area contributed by atoms with Crippen LogP contribution in [0.15, 0.2) is 18.2 Å². The summed E-state index contributed by atoms with van der Waals surface area (Å²) in [5.74, 6) is -0.00630. The van der Waals surface area contributed by atoms with Gasteiger partial charge in [-0.25, -0.2) is 0 Å². The predicted octanol–water partition coefficient (Wildman–Crippen LogP) is 1.76. The predicted molar refractivity (Wildman–Crippen MR) is 74.2 cm³/mol. The second-order valence-corrected chi connectivity index (χ2v) is 4.74. The van der Waals surface area contributed by atoms with E-state index in [1.54, 1.807) is 25.1 Å². The van der Waals surface area contributed by atoms with Crippen LogP contribution >= 0.6 is 0 Å². The third-order valence-corrected chi connectivity index (χ3v) is 2.49. The van der Waals surface area contributed by atoms with Crippen LogP contribution in [-0.4, -0.2) is 23.8 Å². The molecule has 0 aliphatic heterocycles. The lowest BCUT2D eigenvalue weighted by atomic mass is 10.1. The number of amides is 1. The molecule has 19 heavy (non-hydrogen) atoms. The number of nitrogens with one attached hydrogen (secondary N) is 1. The minimum atomic E-state index is -0.677. The van der Waals surface area contributed by atoms with Crippen molar-refractivity contribution in [2.45, 2.75) is 39.8 Å². The Hall–Kier alpha value is -2.04. The average molecular weight is 264 g/mol.